The second-order valence-electron chi connectivity index (χ2n) is 9.43. The quantitative estimate of drug-likeness (QED) is 0.0533. The van der Waals surface area contributed by atoms with Gasteiger partial charge in [0.2, 0.25) is 0 Å². The van der Waals surface area contributed by atoms with Crippen molar-refractivity contribution in [2.45, 2.75) is 141 Å². The Morgan fingerprint density at radius 1 is 0.778 bits per heavy atom. The van der Waals surface area contributed by atoms with E-state index >= 15 is 0 Å². The Hall–Kier alpha value is -1.48. The molecule has 0 aliphatic carbocycles. The molecular weight excluding hydrogens is 464 g/mol. The largest absolute Gasteiger partial charge is 0.477 e. The summed E-state index contributed by atoms with van der Waals surface area (Å²) in [4.78, 5) is 21.5. The molecule has 0 aromatic rings. The van der Waals surface area contributed by atoms with E-state index in [1.165, 1.54) is 57.8 Å². The predicted octanol–water partition coefficient (Wildman–Crippen LogP) is 5.25. The van der Waals surface area contributed by atoms with Crippen LogP contribution in [0.4, 0.5) is 0 Å². The number of aliphatic hydroxyl groups is 4. The predicted molar refractivity (Wildman–Crippen MR) is 142 cm³/mol. The highest BCUT2D eigenvalue weighted by Gasteiger charge is 2.31. The van der Waals surface area contributed by atoms with E-state index < -0.39 is 17.9 Å². The molecule has 0 rings (SSSR count). The summed E-state index contributed by atoms with van der Waals surface area (Å²) >= 11 is 0. The van der Waals surface area contributed by atoms with Crippen LogP contribution in [0, 0.1) is 0 Å². The van der Waals surface area contributed by atoms with Gasteiger partial charge in [0.05, 0.1) is 6.61 Å². The van der Waals surface area contributed by atoms with Gasteiger partial charge in [-0.3, -0.25) is 4.79 Å². The van der Waals surface area contributed by atoms with Crippen LogP contribution in [-0.4, -0.2) is 62.6 Å². The van der Waals surface area contributed by atoms with Crippen LogP contribution in [0.3, 0.4) is 0 Å². The lowest BCUT2D eigenvalue weighted by atomic mass is 10.1. The van der Waals surface area contributed by atoms with Crippen LogP contribution in [0.5, 0.6) is 0 Å². The molecule has 0 saturated heterocycles. The number of rotatable bonds is 23. The highest BCUT2D eigenvalue weighted by Crippen LogP contribution is 2.12. The summed E-state index contributed by atoms with van der Waals surface area (Å²) in [5, 5.41) is 43.5. The summed E-state index contributed by atoms with van der Waals surface area (Å²) in [6, 6.07) is 0. The molecule has 0 heterocycles. The van der Waals surface area contributed by atoms with Crippen molar-refractivity contribution in [3.8, 4) is 0 Å². The molecule has 0 bridgehead atoms. The Labute approximate surface area is 218 Å². The fourth-order valence-electron chi connectivity index (χ4n) is 3.38. The van der Waals surface area contributed by atoms with Gasteiger partial charge in [-0.2, -0.15) is 0 Å². The zero-order chi connectivity index (χ0) is 27.5. The number of allylic oxidation sites excluding steroid dienone is 2. The minimum absolute atomic E-state index is 0.101. The lowest BCUT2D eigenvalue weighted by Crippen LogP contribution is -2.37. The molecule has 0 aromatic carbocycles. The first kappa shape index (κ1) is 36.7. The molecule has 36 heavy (non-hydrogen) atoms. The van der Waals surface area contributed by atoms with Gasteiger partial charge >= 0.3 is 11.9 Å². The van der Waals surface area contributed by atoms with E-state index in [9.17, 15) is 9.59 Å². The van der Waals surface area contributed by atoms with E-state index in [1.807, 2.05) is 6.92 Å². The second-order valence-corrected chi connectivity index (χ2v) is 9.43. The summed E-state index contributed by atoms with van der Waals surface area (Å²) in [5.74, 6) is -4.39. The number of hydrogen-bond acceptors (Lipinski definition) is 7. The summed E-state index contributed by atoms with van der Waals surface area (Å²) in [6.45, 7) is 3.72. The van der Waals surface area contributed by atoms with Crippen LogP contribution in [0.2, 0.25) is 0 Å². The van der Waals surface area contributed by atoms with Gasteiger partial charge in [0.15, 0.2) is 0 Å². The van der Waals surface area contributed by atoms with Gasteiger partial charge in [0.25, 0.3) is 5.79 Å². The van der Waals surface area contributed by atoms with Crippen molar-refractivity contribution in [3.63, 3.8) is 0 Å². The van der Waals surface area contributed by atoms with E-state index in [2.05, 4.69) is 19.1 Å². The number of carbonyl (C=O) groups excluding carboxylic acids is 1. The van der Waals surface area contributed by atoms with Crippen molar-refractivity contribution in [1.29, 1.82) is 0 Å². The maximum atomic E-state index is 11.4. The fraction of sp³-hybridized carbons (Fsp3) is 0.857. The van der Waals surface area contributed by atoms with Gasteiger partial charge in [-0.15, -0.1) is 0 Å². The maximum absolute atomic E-state index is 11.4. The molecule has 0 aliphatic heterocycles. The highest BCUT2D eigenvalue weighted by molar-refractivity contribution is 5.74. The van der Waals surface area contributed by atoms with Crippen LogP contribution >= 0.6 is 0 Å². The molecule has 0 spiro atoms. The Morgan fingerprint density at radius 3 is 1.75 bits per heavy atom. The first-order valence-electron chi connectivity index (χ1n) is 14.0. The normalized spacial score (nSPS) is 12.3. The van der Waals surface area contributed by atoms with E-state index in [4.69, 9.17) is 30.3 Å². The molecule has 214 valence electrons. The highest BCUT2D eigenvalue weighted by atomic mass is 16.5. The third kappa shape index (κ3) is 27.1. The molecule has 5 N–H and O–H groups in total. The second kappa shape index (κ2) is 26.6. The van der Waals surface area contributed by atoms with Crippen LogP contribution in [-0.2, 0) is 14.3 Å². The number of carboxylic acids is 1. The standard InChI is InChI=1S/C21H40O4.C7H14O4/c1-2-3-4-5-6-7-8-9-10-11-12-13-14-15-16-17-21(24)25-19-20(23)18-22;1-2-3-4-5-7(10,11)6(8)9/h9-10,20,22-23H,2-8,11-19H2,1H3;10-11H,2-5H2,1H3,(H,8,9)/b10-9-;. The summed E-state index contributed by atoms with van der Waals surface area (Å²) in [6.07, 6.45) is 22.3. The molecule has 1 unspecified atom stereocenters. The van der Waals surface area contributed by atoms with Gasteiger partial charge in [-0.05, 0) is 38.5 Å². The lowest BCUT2D eigenvalue weighted by molar-refractivity contribution is -0.205. The number of esters is 1. The molecule has 0 amide bonds. The first-order chi connectivity index (χ1) is 17.2. The van der Waals surface area contributed by atoms with Crippen molar-refractivity contribution in [2.75, 3.05) is 13.2 Å². The Morgan fingerprint density at radius 2 is 1.25 bits per heavy atom. The molecular formula is C28H54O8. The number of ether oxygens (including phenoxy) is 1. The molecule has 0 radical (unpaired) electrons. The third-order valence-corrected chi connectivity index (χ3v) is 5.76. The van der Waals surface area contributed by atoms with Crippen molar-refractivity contribution in [3.05, 3.63) is 12.2 Å². The number of carbonyl (C=O) groups is 2. The Balaban J connectivity index is 0. The topological polar surface area (TPSA) is 145 Å². The van der Waals surface area contributed by atoms with Crippen molar-refractivity contribution >= 4 is 11.9 Å². The summed E-state index contributed by atoms with van der Waals surface area (Å²) < 4.78 is 4.86. The minimum Gasteiger partial charge on any atom is -0.477 e. The number of hydrogen-bond donors (Lipinski definition) is 5. The third-order valence-electron chi connectivity index (χ3n) is 5.76. The van der Waals surface area contributed by atoms with Crippen LogP contribution in [0.25, 0.3) is 0 Å². The van der Waals surface area contributed by atoms with Crippen LogP contribution in [0.1, 0.15) is 129 Å². The summed E-state index contributed by atoms with van der Waals surface area (Å²) in [5.41, 5.74) is 0. The number of aliphatic carboxylic acids is 1. The fourth-order valence-corrected chi connectivity index (χ4v) is 3.38. The lowest BCUT2D eigenvalue weighted by Gasteiger charge is -2.15. The van der Waals surface area contributed by atoms with E-state index in [0.29, 0.717) is 12.8 Å². The molecule has 1 atom stereocenters. The van der Waals surface area contributed by atoms with Gasteiger partial charge < -0.3 is 30.3 Å². The molecule has 8 nitrogen and oxygen atoms in total. The minimum atomic E-state index is -2.53. The Kier molecular flexibility index (Phi) is 27.1. The van der Waals surface area contributed by atoms with E-state index in [-0.39, 0.29) is 25.6 Å². The van der Waals surface area contributed by atoms with E-state index in [1.54, 1.807) is 0 Å². The molecule has 0 aromatic heterocycles. The van der Waals surface area contributed by atoms with Gasteiger partial charge in [-0.25, -0.2) is 4.79 Å². The Bertz CT molecular complexity index is 534. The molecule has 0 aliphatic rings. The molecule has 0 saturated carbocycles. The number of unbranched alkanes of at least 4 members (excludes halogenated alkanes) is 13. The smallest absolute Gasteiger partial charge is 0.364 e. The average molecular weight is 519 g/mol. The van der Waals surface area contributed by atoms with Gasteiger partial charge in [0, 0.05) is 12.8 Å². The maximum Gasteiger partial charge on any atom is 0.364 e. The monoisotopic (exact) mass is 518 g/mol. The molecule has 8 heteroatoms. The molecule has 0 fully saturated rings. The van der Waals surface area contributed by atoms with Gasteiger partial charge in [-0.1, -0.05) is 90.2 Å². The van der Waals surface area contributed by atoms with Crippen LogP contribution in [0.15, 0.2) is 12.2 Å². The van der Waals surface area contributed by atoms with Crippen molar-refractivity contribution in [2.24, 2.45) is 0 Å². The first-order valence-corrected chi connectivity index (χ1v) is 14.0. The SMILES string of the molecule is CCCCCC(O)(O)C(=O)O.CCCCCCCC/C=C\CCCCCCCC(=O)OCC(O)CO. The summed E-state index contributed by atoms with van der Waals surface area (Å²) in [7, 11) is 0. The van der Waals surface area contributed by atoms with Gasteiger partial charge in [0.1, 0.15) is 12.7 Å². The zero-order valence-corrected chi connectivity index (χ0v) is 22.8. The average Bonchev–Trinajstić information content (AvgIpc) is 2.85. The zero-order valence-electron chi connectivity index (χ0n) is 22.8. The number of aliphatic hydroxyl groups excluding tert-OH is 2. The van der Waals surface area contributed by atoms with Crippen molar-refractivity contribution in [1.82, 2.24) is 0 Å². The van der Waals surface area contributed by atoms with Crippen molar-refractivity contribution < 1.29 is 39.9 Å². The van der Waals surface area contributed by atoms with Crippen LogP contribution < -0.4 is 0 Å². The van der Waals surface area contributed by atoms with E-state index in [0.717, 1.165) is 38.5 Å². The number of carboxylic acid groups (broad SMARTS) is 1.